The first-order chi connectivity index (χ1) is 15.6. The van der Waals surface area contributed by atoms with Crippen molar-refractivity contribution in [2.45, 2.75) is 49.5 Å². The lowest BCUT2D eigenvalue weighted by atomic mass is 9.94. The summed E-state index contributed by atoms with van der Waals surface area (Å²) in [6.45, 7) is 1.65. The van der Waals surface area contributed by atoms with Crippen LogP contribution < -0.4 is 10.6 Å². The molecular weight excluding hydrogens is 418 g/mol. The number of amides is 2. The van der Waals surface area contributed by atoms with Gasteiger partial charge in [0, 0.05) is 23.0 Å². The summed E-state index contributed by atoms with van der Waals surface area (Å²) in [4.78, 5) is 29.2. The first-order valence-electron chi connectivity index (χ1n) is 11.5. The summed E-state index contributed by atoms with van der Waals surface area (Å²) in [6.07, 6.45) is 9.45. The number of fused-ring (bicyclic) bond motifs is 1. The number of thioether (sulfide) groups is 1. The summed E-state index contributed by atoms with van der Waals surface area (Å²) < 4.78 is 0. The molecule has 0 radical (unpaired) electrons. The highest BCUT2D eigenvalue weighted by molar-refractivity contribution is 8.04. The molecule has 2 aromatic carbocycles. The minimum absolute atomic E-state index is 0.0991. The molecule has 2 aromatic rings. The molecular formula is C26H31N3O2S. The van der Waals surface area contributed by atoms with Crippen molar-refractivity contribution in [2.24, 2.45) is 0 Å². The number of carbonyl (C=O) groups excluding carboxylic acids is 2. The maximum atomic E-state index is 12.6. The number of nitrogens with zero attached hydrogens (tertiary/aromatic N) is 1. The number of nitrogens with one attached hydrogen (secondary N) is 2. The van der Waals surface area contributed by atoms with Gasteiger partial charge in [0.25, 0.3) is 11.8 Å². The molecule has 0 saturated heterocycles. The van der Waals surface area contributed by atoms with Crippen LogP contribution in [0.5, 0.6) is 0 Å². The second kappa shape index (κ2) is 10.8. The Bertz CT molecular complexity index is 984. The van der Waals surface area contributed by atoms with Crippen molar-refractivity contribution in [2.75, 3.05) is 25.5 Å². The van der Waals surface area contributed by atoms with Gasteiger partial charge >= 0.3 is 0 Å². The van der Waals surface area contributed by atoms with Gasteiger partial charge in [0.1, 0.15) is 0 Å². The highest BCUT2D eigenvalue weighted by atomic mass is 32.2. The molecule has 32 heavy (non-hydrogen) atoms. The fourth-order valence-electron chi connectivity index (χ4n) is 4.34. The molecule has 2 amide bonds. The van der Waals surface area contributed by atoms with E-state index >= 15 is 0 Å². The second-order valence-corrected chi connectivity index (χ2v) is 9.65. The van der Waals surface area contributed by atoms with Crippen LogP contribution in [-0.2, 0) is 4.79 Å². The van der Waals surface area contributed by atoms with Gasteiger partial charge in [-0.25, -0.2) is 0 Å². The molecule has 0 spiro atoms. The molecule has 4 rings (SSSR count). The van der Waals surface area contributed by atoms with E-state index in [1.807, 2.05) is 48.5 Å². The van der Waals surface area contributed by atoms with Crippen LogP contribution in [0.2, 0.25) is 0 Å². The summed E-state index contributed by atoms with van der Waals surface area (Å²) >= 11 is 1.43. The van der Waals surface area contributed by atoms with Crippen molar-refractivity contribution >= 4 is 35.3 Å². The molecule has 1 aliphatic carbocycles. The zero-order valence-corrected chi connectivity index (χ0v) is 19.4. The number of hydrogen-bond donors (Lipinski definition) is 2. The van der Waals surface area contributed by atoms with E-state index in [0.717, 1.165) is 23.4 Å². The largest absolute Gasteiger partial charge is 0.352 e. The molecule has 0 atom stereocenters. The van der Waals surface area contributed by atoms with Crippen molar-refractivity contribution in [3.63, 3.8) is 0 Å². The lowest BCUT2D eigenvalue weighted by Crippen LogP contribution is -2.35. The Morgan fingerprint density at radius 2 is 1.94 bits per heavy atom. The van der Waals surface area contributed by atoms with E-state index in [9.17, 15) is 9.59 Å². The van der Waals surface area contributed by atoms with E-state index in [0.29, 0.717) is 28.7 Å². The van der Waals surface area contributed by atoms with E-state index in [1.54, 1.807) is 6.07 Å². The summed E-state index contributed by atoms with van der Waals surface area (Å²) in [6, 6.07) is 16.0. The van der Waals surface area contributed by atoms with Gasteiger partial charge in [-0.15, -0.1) is 0 Å². The maximum Gasteiger partial charge on any atom is 0.262 e. The van der Waals surface area contributed by atoms with E-state index < -0.39 is 0 Å². The van der Waals surface area contributed by atoms with Crippen molar-refractivity contribution in [3.05, 3.63) is 64.6 Å². The Hall–Kier alpha value is -2.57. The Morgan fingerprint density at radius 1 is 1.16 bits per heavy atom. The average Bonchev–Trinajstić information content (AvgIpc) is 2.83. The van der Waals surface area contributed by atoms with Crippen molar-refractivity contribution in [3.8, 4) is 0 Å². The lowest BCUT2D eigenvalue weighted by Gasteiger charge is -2.31. The first kappa shape index (κ1) is 22.6. The molecule has 0 bridgehead atoms. The number of carbonyl (C=O) groups is 2. The van der Waals surface area contributed by atoms with Crippen molar-refractivity contribution in [1.82, 2.24) is 10.2 Å². The smallest absolute Gasteiger partial charge is 0.262 e. The topological polar surface area (TPSA) is 61.4 Å². The van der Waals surface area contributed by atoms with Gasteiger partial charge in [0.2, 0.25) is 0 Å². The van der Waals surface area contributed by atoms with Gasteiger partial charge in [-0.2, -0.15) is 0 Å². The fraction of sp³-hybridized carbons (Fsp3) is 0.385. The number of benzene rings is 2. The Morgan fingerprint density at radius 3 is 2.72 bits per heavy atom. The number of rotatable bonds is 7. The fourth-order valence-corrected chi connectivity index (χ4v) is 5.27. The van der Waals surface area contributed by atoms with Crippen LogP contribution in [0.3, 0.4) is 0 Å². The summed E-state index contributed by atoms with van der Waals surface area (Å²) in [5.74, 6) is -0.243. The van der Waals surface area contributed by atoms with Gasteiger partial charge in [0.15, 0.2) is 0 Å². The van der Waals surface area contributed by atoms with E-state index in [-0.39, 0.29) is 11.8 Å². The second-order valence-electron chi connectivity index (χ2n) is 8.57. The standard InChI is InChI=1S/C26H31N3O2S/c1-29(21-11-6-3-7-12-21)16-8-15-27-25(30)20-13-14-23-22(18-20)28-26(31)24(32-23)17-19-9-4-2-5-10-19/h2,4-5,9-10,13-14,17-18,21H,3,6-8,11-12,15-16H2,1H3,(H,27,30)(H,28,31)/b24-17-. The normalized spacial score (nSPS) is 17.8. The molecule has 1 heterocycles. The zero-order valence-electron chi connectivity index (χ0n) is 18.6. The summed E-state index contributed by atoms with van der Waals surface area (Å²) in [5.41, 5.74) is 2.24. The minimum atomic E-state index is -0.144. The Balaban J connectivity index is 1.30. The van der Waals surface area contributed by atoms with Crippen LogP contribution >= 0.6 is 11.8 Å². The van der Waals surface area contributed by atoms with Crippen molar-refractivity contribution < 1.29 is 9.59 Å². The molecule has 168 valence electrons. The first-order valence-corrected chi connectivity index (χ1v) is 12.3. The predicted octanol–water partition coefficient (Wildman–Crippen LogP) is 5.16. The third kappa shape index (κ3) is 5.81. The monoisotopic (exact) mass is 449 g/mol. The van der Waals surface area contributed by atoms with Crippen LogP contribution in [0.4, 0.5) is 5.69 Å². The number of anilines is 1. The SMILES string of the molecule is CN(CCCNC(=O)c1ccc2c(c1)NC(=O)/C(=C/c1ccccc1)S2)C1CCCCC1. The highest BCUT2D eigenvalue weighted by Gasteiger charge is 2.22. The predicted molar refractivity (Wildman–Crippen MR) is 132 cm³/mol. The van der Waals surface area contributed by atoms with Crippen LogP contribution in [0.1, 0.15) is 54.4 Å². The van der Waals surface area contributed by atoms with Crippen LogP contribution in [0.15, 0.2) is 58.3 Å². The molecule has 5 nitrogen and oxygen atoms in total. The summed E-state index contributed by atoms with van der Waals surface area (Å²) in [7, 11) is 2.20. The zero-order chi connectivity index (χ0) is 22.3. The quantitative estimate of drug-likeness (QED) is 0.453. The third-order valence-electron chi connectivity index (χ3n) is 6.20. The number of hydrogen-bond acceptors (Lipinski definition) is 4. The van der Waals surface area contributed by atoms with Gasteiger partial charge in [-0.3, -0.25) is 9.59 Å². The van der Waals surface area contributed by atoms with E-state index in [2.05, 4.69) is 22.6 Å². The Labute approximate surface area is 194 Å². The molecule has 0 aromatic heterocycles. The average molecular weight is 450 g/mol. The van der Waals surface area contributed by atoms with Gasteiger partial charge in [0.05, 0.1) is 10.6 Å². The van der Waals surface area contributed by atoms with Crippen LogP contribution in [-0.4, -0.2) is 42.9 Å². The van der Waals surface area contributed by atoms with Gasteiger partial charge < -0.3 is 15.5 Å². The van der Waals surface area contributed by atoms with Gasteiger partial charge in [-0.1, -0.05) is 61.4 Å². The van der Waals surface area contributed by atoms with Crippen LogP contribution in [0, 0.1) is 0 Å². The van der Waals surface area contributed by atoms with Crippen LogP contribution in [0.25, 0.3) is 6.08 Å². The molecule has 1 aliphatic heterocycles. The summed E-state index contributed by atoms with van der Waals surface area (Å²) in [5, 5.41) is 5.95. The van der Waals surface area contributed by atoms with E-state index in [4.69, 9.17) is 0 Å². The molecule has 6 heteroatoms. The van der Waals surface area contributed by atoms with Crippen molar-refractivity contribution in [1.29, 1.82) is 0 Å². The maximum absolute atomic E-state index is 12.6. The minimum Gasteiger partial charge on any atom is -0.352 e. The molecule has 0 unspecified atom stereocenters. The molecule has 2 aliphatic rings. The molecule has 2 N–H and O–H groups in total. The molecule has 1 saturated carbocycles. The van der Waals surface area contributed by atoms with Gasteiger partial charge in [-0.05, 0) is 62.7 Å². The lowest BCUT2D eigenvalue weighted by molar-refractivity contribution is -0.112. The highest BCUT2D eigenvalue weighted by Crippen LogP contribution is 2.39. The third-order valence-corrected chi connectivity index (χ3v) is 7.30. The van der Waals surface area contributed by atoms with E-state index in [1.165, 1.54) is 43.9 Å². The Kier molecular flexibility index (Phi) is 7.66. The molecule has 1 fully saturated rings.